The summed E-state index contributed by atoms with van der Waals surface area (Å²) in [5.41, 5.74) is 0.445. The van der Waals surface area contributed by atoms with Gasteiger partial charge < -0.3 is 9.72 Å². The number of ether oxygens (including phenoxy) is 1. The molecule has 1 aromatic heterocycles. The van der Waals surface area contributed by atoms with E-state index in [4.69, 9.17) is 4.74 Å². The van der Waals surface area contributed by atoms with Gasteiger partial charge >= 0.3 is 0 Å². The lowest BCUT2D eigenvalue weighted by atomic mass is 10.2. The molecule has 0 saturated carbocycles. The fourth-order valence-electron chi connectivity index (χ4n) is 1.51. The molecule has 1 aromatic carbocycles. The molecule has 0 aliphatic heterocycles. The average molecular weight is 295 g/mol. The van der Waals surface area contributed by atoms with Gasteiger partial charge in [-0.2, -0.15) is 8.42 Å². The first-order chi connectivity index (χ1) is 9.47. The highest BCUT2D eigenvalue weighted by atomic mass is 32.2. The summed E-state index contributed by atoms with van der Waals surface area (Å²) in [4.78, 5) is 6.26. The van der Waals surface area contributed by atoms with Gasteiger partial charge in [-0.05, 0) is 18.1 Å². The lowest BCUT2D eigenvalue weighted by molar-refractivity contribution is 0.271. The maximum atomic E-state index is 12.0. The van der Waals surface area contributed by atoms with Crippen LogP contribution < -0.4 is 9.46 Å². The van der Waals surface area contributed by atoms with Crippen LogP contribution in [0, 0.1) is 5.92 Å². The van der Waals surface area contributed by atoms with Crippen LogP contribution in [0.2, 0.25) is 0 Å². The van der Waals surface area contributed by atoms with Crippen LogP contribution in [0.15, 0.2) is 41.8 Å². The minimum Gasteiger partial charge on any atom is -0.493 e. The van der Waals surface area contributed by atoms with Crippen LogP contribution in [0.3, 0.4) is 0 Å². The van der Waals surface area contributed by atoms with Crippen LogP contribution in [0.25, 0.3) is 0 Å². The van der Waals surface area contributed by atoms with E-state index in [9.17, 15) is 8.42 Å². The molecule has 0 atom stereocenters. The zero-order valence-corrected chi connectivity index (χ0v) is 12.1. The van der Waals surface area contributed by atoms with Gasteiger partial charge in [0, 0.05) is 6.07 Å². The van der Waals surface area contributed by atoms with Gasteiger partial charge in [0.15, 0.2) is 5.03 Å². The van der Waals surface area contributed by atoms with Crippen LogP contribution in [-0.4, -0.2) is 25.0 Å². The topological polar surface area (TPSA) is 84.1 Å². The number of hydrogen-bond donors (Lipinski definition) is 2. The average Bonchev–Trinajstić information content (AvgIpc) is 2.91. The molecule has 7 heteroatoms. The Morgan fingerprint density at radius 3 is 2.85 bits per heavy atom. The van der Waals surface area contributed by atoms with E-state index in [1.54, 1.807) is 24.3 Å². The Bertz CT molecular complexity index is 651. The molecule has 20 heavy (non-hydrogen) atoms. The number of aromatic nitrogens is 2. The molecule has 2 N–H and O–H groups in total. The third kappa shape index (κ3) is 3.74. The summed E-state index contributed by atoms with van der Waals surface area (Å²) in [5.74, 6) is 1.03. The largest absolute Gasteiger partial charge is 0.493 e. The number of nitrogens with one attached hydrogen (secondary N) is 2. The summed E-state index contributed by atoms with van der Waals surface area (Å²) in [6, 6.07) is 6.84. The van der Waals surface area contributed by atoms with Crippen molar-refractivity contribution >= 4 is 15.7 Å². The normalized spacial score (nSPS) is 11.6. The number of benzene rings is 1. The molecule has 108 valence electrons. The Hall–Kier alpha value is -2.02. The predicted octanol–water partition coefficient (Wildman–Crippen LogP) is 2.25. The Balaban J connectivity index is 2.12. The van der Waals surface area contributed by atoms with Crippen molar-refractivity contribution in [3.63, 3.8) is 0 Å². The molecule has 0 unspecified atom stereocenters. The molecular formula is C13H17N3O3S. The SMILES string of the molecule is CC(C)COc1cccc(NS(=O)(=O)c2cnc[nH]2)c1. The van der Waals surface area contributed by atoms with E-state index in [0.29, 0.717) is 24.0 Å². The first kappa shape index (κ1) is 14.4. The number of sulfonamides is 1. The molecule has 0 radical (unpaired) electrons. The van der Waals surface area contributed by atoms with Crippen LogP contribution in [0.4, 0.5) is 5.69 Å². The van der Waals surface area contributed by atoms with Crippen molar-refractivity contribution in [2.24, 2.45) is 5.92 Å². The number of imidazole rings is 1. The maximum Gasteiger partial charge on any atom is 0.278 e. The summed E-state index contributed by atoms with van der Waals surface area (Å²) >= 11 is 0. The molecule has 2 rings (SSSR count). The molecule has 2 aromatic rings. The fraction of sp³-hybridized carbons (Fsp3) is 0.308. The molecule has 0 aliphatic rings. The number of rotatable bonds is 6. The summed E-state index contributed by atoms with van der Waals surface area (Å²) < 4.78 is 32.1. The smallest absolute Gasteiger partial charge is 0.278 e. The van der Waals surface area contributed by atoms with E-state index in [1.807, 2.05) is 13.8 Å². The quantitative estimate of drug-likeness (QED) is 0.856. The van der Waals surface area contributed by atoms with E-state index in [0.717, 1.165) is 0 Å². The molecule has 0 bridgehead atoms. The highest BCUT2D eigenvalue weighted by Crippen LogP contribution is 2.20. The summed E-state index contributed by atoms with van der Waals surface area (Å²) in [5, 5.41) is 0.0194. The van der Waals surface area contributed by atoms with Gasteiger partial charge in [-0.25, -0.2) is 4.98 Å². The second-order valence-electron chi connectivity index (χ2n) is 4.75. The highest BCUT2D eigenvalue weighted by Gasteiger charge is 2.15. The minimum absolute atomic E-state index is 0.0194. The highest BCUT2D eigenvalue weighted by molar-refractivity contribution is 7.92. The van der Waals surface area contributed by atoms with Crippen LogP contribution in [0.1, 0.15) is 13.8 Å². The molecule has 6 nitrogen and oxygen atoms in total. The van der Waals surface area contributed by atoms with Gasteiger partial charge in [0.05, 0.1) is 24.8 Å². The molecule has 0 spiro atoms. The summed E-state index contributed by atoms with van der Waals surface area (Å²) in [6.07, 6.45) is 2.57. The van der Waals surface area contributed by atoms with Gasteiger partial charge in [-0.15, -0.1) is 0 Å². The third-order valence-electron chi connectivity index (χ3n) is 2.43. The molecule has 0 amide bonds. The zero-order chi connectivity index (χ0) is 14.6. The molecule has 0 fully saturated rings. The summed E-state index contributed by atoms with van der Waals surface area (Å²) in [6.45, 7) is 4.67. The number of aromatic amines is 1. The standard InChI is InChI=1S/C13H17N3O3S/c1-10(2)8-19-12-5-3-4-11(6-12)16-20(17,18)13-7-14-9-15-13/h3-7,9-10,16H,8H2,1-2H3,(H,14,15). The number of anilines is 1. The molecule has 0 saturated heterocycles. The Kier molecular flexibility index (Phi) is 4.29. The molecule has 0 aliphatic carbocycles. The molecular weight excluding hydrogens is 278 g/mol. The van der Waals surface area contributed by atoms with Crippen LogP contribution in [0.5, 0.6) is 5.75 Å². The van der Waals surface area contributed by atoms with Gasteiger partial charge in [0.2, 0.25) is 0 Å². The maximum absolute atomic E-state index is 12.0. The predicted molar refractivity (Wildman–Crippen MR) is 76.2 cm³/mol. The van der Waals surface area contributed by atoms with Crippen molar-refractivity contribution in [3.8, 4) is 5.75 Å². The zero-order valence-electron chi connectivity index (χ0n) is 11.3. The van der Waals surface area contributed by atoms with Gasteiger partial charge in [0.25, 0.3) is 10.0 Å². The minimum atomic E-state index is -3.64. The van der Waals surface area contributed by atoms with E-state index < -0.39 is 10.0 Å². The van der Waals surface area contributed by atoms with Crippen molar-refractivity contribution in [1.29, 1.82) is 0 Å². The lowest BCUT2D eigenvalue weighted by Gasteiger charge is -2.11. The number of hydrogen-bond acceptors (Lipinski definition) is 4. The number of nitrogens with zero attached hydrogens (tertiary/aromatic N) is 1. The molecule has 1 heterocycles. The Labute approximate surface area is 118 Å². The first-order valence-electron chi connectivity index (χ1n) is 6.21. The third-order valence-corrected chi connectivity index (χ3v) is 3.74. The Morgan fingerprint density at radius 2 is 2.20 bits per heavy atom. The summed E-state index contributed by atoms with van der Waals surface area (Å²) in [7, 11) is -3.64. The first-order valence-corrected chi connectivity index (χ1v) is 7.70. The lowest BCUT2D eigenvalue weighted by Crippen LogP contribution is -2.13. The van der Waals surface area contributed by atoms with Crippen LogP contribution >= 0.6 is 0 Å². The van der Waals surface area contributed by atoms with E-state index in [1.165, 1.54) is 12.5 Å². The Morgan fingerprint density at radius 1 is 1.40 bits per heavy atom. The van der Waals surface area contributed by atoms with Crippen molar-refractivity contribution in [1.82, 2.24) is 9.97 Å². The second-order valence-corrected chi connectivity index (χ2v) is 6.40. The van der Waals surface area contributed by atoms with Crippen molar-refractivity contribution < 1.29 is 13.2 Å². The van der Waals surface area contributed by atoms with Crippen molar-refractivity contribution in [2.75, 3.05) is 11.3 Å². The van der Waals surface area contributed by atoms with Crippen molar-refractivity contribution in [2.45, 2.75) is 18.9 Å². The van der Waals surface area contributed by atoms with Gasteiger partial charge in [-0.1, -0.05) is 19.9 Å². The van der Waals surface area contributed by atoms with E-state index in [2.05, 4.69) is 14.7 Å². The monoisotopic (exact) mass is 295 g/mol. The number of H-pyrrole nitrogens is 1. The second kappa shape index (κ2) is 5.96. The van der Waals surface area contributed by atoms with Crippen molar-refractivity contribution in [3.05, 3.63) is 36.8 Å². The van der Waals surface area contributed by atoms with Gasteiger partial charge in [-0.3, -0.25) is 4.72 Å². The van der Waals surface area contributed by atoms with Crippen LogP contribution in [-0.2, 0) is 10.0 Å². The fourth-order valence-corrected chi connectivity index (χ4v) is 2.47. The van der Waals surface area contributed by atoms with E-state index in [-0.39, 0.29) is 5.03 Å². The van der Waals surface area contributed by atoms with Gasteiger partial charge in [0.1, 0.15) is 5.75 Å². The van der Waals surface area contributed by atoms with E-state index >= 15 is 0 Å².